The van der Waals surface area contributed by atoms with Crippen molar-refractivity contribution >= 4 is 28.3 Å². The molecule has 184 valence electrons. The van der Waals surface area contributed by atoms with Crippen LogP contribution < -0.4 is 10.9 Å². The fourth-order valence-corrected chi connectivity index (χ4v) is 4.53. The van der Waals surface area contributed by atoms with E-state index in [0.29, 0.717) is 47.5 Å². The number of hydrogen-bond acceptors (Lipinski definition) is 5. The summed E-state index contributed by atoms with van der Waals surface area (Å²) >= 11 is 0. The van der Waals surface area contributed by atoms with Crippen LogP contribution in [0.15, 0.2) is 41.5 Å². The second-order valence-electron chi connectivity index (χ2n) is 8.71. The van der Waals surface area contributed by atoms with E-state index in [9.17, 15) is 22.8 Å². The molecule has 0 bridgehead atoms. The minimum Gasteiger partial charge on any atom is -0.363 e. The van der Waals surface area contributed by atoms with E-state index in [2.05, 4.69) is 15.3 Å². The average molecular weight is 486 g/mol. The Bertz CT molecular complexity index is 1390. The Morgan fingerprint density at radius 3 is 2.60 bits per heavy atom. The molecule has 1 N–H and O–H groups in total. The van der Waals surface area contributed by atoms with E-state index in [4.69, 9.17) is 0 Å². The summed E-state index contributed by atoms with van der Waals surface area (Å²) in [6.07, 6.45) is -0.712. The van der Waals surface area contributed by atoms with Crippen molar-refractivity contribution in [1.82, 2.24) is 19.4 Å². The molecule has 0 radical (unpaired) electrons. The molecule has 2 aromatic heterocycles. The van der Waals surface area contributed by atoms with E-state index < -0.39 is 17.8 Å². The number of carbonyl (C=O) groups is 1. The van der Waals surface area contributed by atoms with Gasteiger partial charge in [-0.25, -0.2) is 9.97 Å². The first-order valence-corrected chi connectivity index (χ1v) is 11.2. The van der Waals surface area contributed by atoms with E-state index >= 15 is 0 Å². The minimum absolute atomic E-state index is 0.0227. The minimum atomic E-state index is -4.44. The van der Waals surface area contributed by atoms with Crippen LogP contribution in [0, 0.1) is 6.92 Å². The molecule has 1 amide bonds. The third-order valence-corrected chi connectivity index (χ3v) is 6.51. The highest BCUT2D eigenvalue weighted by Gasteiger charge is 2.33. The summed E-state index contributed by atoms with van der Waals surface area (Å²) in [6, 6.07) is 5.35. The molecule has 1 aliphatic heterocycles. The monoisotopic (exact) mass is 485 g/mol. The Hall–Kier alpha value is -3.69. The van der Waals surface area contributed by atoms with Crippen LogP contribution in [0.25, 0.3) is 16.6 Å². The van der Waals surface area contributed by atoms with Crippen molar-refractivity contribution in [2.24, 2.45) is 7.05 Å². The van der Waals surface area contributed by atoms with Gasteiger partial charge in [-0.1, -0.05) is 18.2 Å². The molecule has 35 heavy (non-hydrogen) atoms. The van der Waals surface area contributed by atoms with Crippen LogP contribution in [0.2, 0.25) is 0 Å². The largest absolute Gasteiger partial charge is 0.416 e. The summed E-state index contributed by atoms with van der Waals surface area (Å²) < 4.78 is 41.6. The van der Waals surface area contributed by atoms with Crippen LogP contribution in [0.5, 0.6) is 0 Å². The van der Waals surface area contributed by atoms with E-state index in [1.54, 1.807) is 31.0 Å². The molecule has 0 saturated heterocycles. The van der Waals surface area contributed by atoms with Gasteiger partial charge in [-0.3, -0.25) is 14.2 Å². The van der Waals surface area contributed by atoms with E-state index in [1.807, 2.05) is 6.08 Å². The summed E-state index contributed by atoms with van der Waals surface area (Å²) in [5, 5.41) is 3.79. The Morgan fingerprint density at radius 2 is 1.97 bits per heavy atom. The first-order valence-electron chi connectivity index (χ1n) is 11.2. The maximum Gasteiger partial charge on any atom is 0.416 e. The lowest BCUT2D eigenvalue weighted by molar-refractivity contribution is -0.138. The lowest BCUT2D eigenvalue weighted by Crippen LogP contribution is -2.33. The van der Waals surface area contributed by atoms with Crippen molar-refractivity contribution in [3.05, 3.63) is 69.3 Å². The molecule has 3 aromatic rings. The van der Waals surface area contributed by atoms with Crippen molar-refractivity contribution < 1.29 is 18.0 Å². The van der Waals surface area contributed by atoms with Gasteiger partial charge in [-0.15, -0.1) is 0 Å². The first kappa shape index (κ1) is 24.4. The van der Waals surface area contributed by atoms with Gasteiger partial charge in [0.2, 0.25) is 5.91 Å². The molecule has 3 heterocycles. The third kappa shape index (κ3) is 4.65. The van der Waals surface area contributed by atoms with Gasteiger partial charge in [0, 0.05) is 32.6 Å². The Morgan fingerprint density at radius 1 is 1.23 bits per heavy atom. The van der Waals surface area contributed by atoms with Crippen LogP contribution in [-0.2, 0) is 18.0 Å². The van der Waals surface area contributed by atoms with Gasteiger partial charge in [0.25, 0.3) is 5.56 Å². The van der Waals surface area contributed by atoms with E-state index in [-0.39, 0.29) is 17.0 Å². The molecule has 10 heteroatoms. The number of carbonyl (C=O) groups excluding carboxylic acids is 1. The number of nitrogens with zero attached hydrogens (tertiary/aromatic N) is 4. The fraction of sp³-hybridized carbons (Fsp3) is 0.360. The zero-order chi connectivity index (χ0) is 25.5. The molecule has 1 atom stereocenters. The van der Waals surface area contributed by atoms with Gasteiger partial charge in [-0.05, 0) is 49.1 Å². The number of fused-ring (bicyclic) bond motifs is 1. The number of alkyl halides is 3. The second-order valence-corrected chi connectivity index (χ2v) is 8.71. The molecular formula is C25H26F3N5O2. The van der Waals surface area contributed by atoms with Crippen LogP contribution in [0.3, 0.4) is 0 Å². The molecule has 1 aromatic carbocycles. The van der Waals surface area contributed by atoms with Gasteiger partial charge in [-0.2, -0.15) is 13.2 Å². The van der Waals surface area contributed by atoms with Crippen molar-refractivity contribution in [2.75, 3.05) is 18.4 Å². The lowest BCUT2D eigenvalue weighted by atomic mass is 9.97. The molecular weight excluding hydrogens is 459 g/mol. The highest BCUT2D eigenvalue weighted by molar-refractivity contribution is 5.89. The number of benzene rings is 1. The number of anilines is 1. The third-order valence-electron chi connectivity index (χ3n) is 6.51. The summed E-state index contributed by atoms with van der Waals surface area (Å²) in [6.45, 7) is 5.67. The number of nitrogens with one attached hydrogen (secondary N) is 1. The van der Waals surface area contributed by atoms with Gasteiger partial charge < -0.3 is 10.2 Å². The summed E-state index contributed by atoms with van der Waals surface area (Å²) in [4.78, 5) is 35.0. The highest BCUT2D eigenvalue weighted by atomic mass is 19.4. The molecule has 1 unspecified atom stereocenters. The topological polar surface area (TPSA) is 80.1 Å². The van der Waals surface area contributed by atoms with Gasteiger partial charge in [0.15, 0.2) is 0 Å². The number of rotatable bonds is 4. The smallest absolute Gasteiger partial charge is 0.363 e. The predicted octanol–water partition coefficient (Wildman–Crippen LogP) is 4.46. The molecule has 7 nitrogen and oxygen atoms in total. The zero-order valence-electron chi connectivity index (χ0n) is 19.9. The van der Waals surface area contributed by atoms with Gasteiger partial charge >= 0.3 is 6.18 Å². The lowest BCUT2D eigenvalue weighted by Gasteiger charge is -2.25. The summed E-state index contributed by atoms with van der Waals surface area (Å²) in [5.41, 5.74) is 1.48. The van der Waals surface area contributed by atoms with Crippen molar-refractivity contribution in [2.45, 2.75) is 39.4 Å². The normalized spacial score (nSPS) is 15.2. The van der Waals surface area contributed by atoms with Gasteiger partial charge in [0.05, 0.1) is 17.0 Å². The first-order chi connectivity index (χ1) is 16.5. The average Bonchev–Trinajstić information content (AvgIpc) is 2.81. The Labute approximate surface area is 200 Å². The van der Waals surface area contributed by atoms with Crippen molar-refractivity contribution in [3.8, 4) is 0 Å². The van der Waals surface area contributed by atoms with Crippen molar-refractivity contribution in [1.29, 1.82) is 0 Å². The molecule has 4 rings (SSSR count). The van der Waals surface area contributed by atoms with Crippen LogP contribution in [0.1, 0.15) is 48.6 Å². The number of halogens is 3. The maximum atomic E-state index is 13.4. The van der Waals surface area contributed by atoms with Gasteiger partial charge in [0.1, 0.15) is 17.8 Å². The summed E-state index contributed by atoms with van der Waals surface area (Å²) in [7, 11) is 1.62. The molecule has 0 spiro atoms. The van der Waals surface area contributed by atoms with Crippen molar-refractivity contribution in [3.63, 3.8) is 0 Å². The number of aromatic nitrogens is 3. The Balaban J connectivity index is 1.75. The van der Waals surface area contributed by atoms with Crippen LogP contribution >= 0.6 is 0 Å². The number of amides is 1. The Kier molecular flexibility index (Phi) is 6.40. The quantitative estimate of drug-likeness (QED) is 0.590. The van der Waals surface area contributed by atoms with E-state index in [0.717, 1.165) is 11.6 Å². The predicted molar refractivity (Wildman–Crippen MR) is 128 cm³/mol. The zero-order valence-corrected chi connectivity index (χ0v) is 19.9. The fourth-order valence-electron chi connectivity index (χ4n) is 4.53. The molecule has 0 aliphatic carbocycles. The standard InChI is InChI=1S/C25H26F3N5O2/c1-14-18(6-5-7-21(14)25(26,27)28)15(2)31-22-20-12-19(17-8-10-33(11-9-17)16(3)34)24(35)32(4)23(20)30-13-29-22/h5-8,12-13,15H,9-11H2,1-4H3,(H,29,30,31). The van der Waals surface area contributed by atoms with Crippen LogP contribution in [-0.4, -0.2) is 38.4 Å². The molecule has 0 saturated carbocycles. The summed E-state index contributed by atoms with van der Waals surface area (Å²) in [5.74, 6) is 0.392. The van der Waals surface area contributed by atoms with Crippen LogP contribution in [0.4, 0.5) is 19.0 Å². The SMILES string of the molecule is CC(=O)N1CC=C(c2cc3c(NC(C)c4cccc(C(F)(F)F)c4C)ncnc3n(C)c2=O)CC1. The number of hydrogen-bond donors (Lipinski definition) is 1. The highest BCUT2D eigenvalue weighted by Crippen LogP contribution is 2.35. The molecule has 0 fully saturated rings. The number of aryl methyl sites for hydroxylation is 1. The molecule has 1 aliphatic rings. The number of pyridine rings is 1. The van der Waals surface area contributed by atoms with E-state index in [1.165, 1.54) is 30.8 Å². The maximum absolute atomic E-state index is 13.4. The second kappa shape index (κ2) is 9.16.